The summed E-state index contributed by atoms with van der Waals surface area (Å²) < 4.78 is 5.73. The number of hydrogen-bond acceptors (Lipinski definition) is 4. The van der Waals surface area contributed by atoms with Crippen molar-refractivity contribution in [3.63, 3.8) is 0 Å². The maximum absolute atomic E-state index is 13.0. The van der Waals surface area contributed by atoms with Crippen LogP contribution < -0.4 is 4.74 Å². The maximum atomic E-state index is 13.0. The third kappa shape index (κ3) is 5.33. The molecule has 170 valence electrons. The minimum Gasteiger partial charge on any atom is -0.507 e. The quantitative estimate of drug-likeness (QED) is 0.202. The second kappa shape index (κ2) is 11.2. The Labute approximate surface area is 194 Å². The number of halogens is 1. The number of rotatable bonds is 10. The first-order valence-electron chi connectivity index (χ1n) is 11.2. The van der Waals surface area contributed by atoms with Crippen molar-refractivity contribution in [1.29, 1.82) is 0 Å². The number of aliphatic hydroxyl groups is 1. The summed E-state index contributed by atoms with van der Waals surface area (Å²) >= 11 is 6.04. The fraction of sp³-hybridized carbons (Fsp3) is 0.385. The van der Waals surface area contributed by atoms with E-state index in [1.807, 2.05) is 6.92 Å². The van der Waals surface area contributed by atoms with E-state index in [9.17, 15) is 14.7 Å². The second-order valence-corrected chi connectivity index (χ2v) is 8.41. The van der Waals surface area contributed by atoms with Crippen LogP contribution in [0.4, 0.5) is 0 Å². The number of nitrogens with zero attached hydrogens (tertiary/aromatic N) is 1. The maximum Gasteiger partial charge on any atom is 0.295 e. The lowest BCUT2D eigenvalue weighted by Gasteiger charge is -2.25. The molecule has 2 aromatic rings. The molecule has 1 heterocycles. The van der Waals surface area contributed by atoms with Crippen LogP contribution >= 0.6 is 11.6 Å². The zero-order chi connectivity index (χ0) is 23.1. The highest BCUT2D eigenvalue weighted by molar-refractivity contribution is 6.46. The van der Waals surface area contributed by atoms with E-state index in [1.54, 1.807) is 53.4 Å². The van der Waals surface area contributed by atoms with Crippen molar-refractivity contribution in [1.82, 2.24) is 4.90 Å². The number of benzene rings is 2. The highest BCUT2D eigenvalue weighted by Gasteiger charge is 2.45. The summed E-state index contributed by atoms with van der Waals surface area (Å²) in [5.41, 5.74) is 1.31. The van der Waals surface area contributed by atoms with Gasteiger partial charge in [0.15, 0.2) is 0 Å². The molecule has 3 rings (SSSR count). The van der Waals surface area contributed by atoms with E-state index >= 15 is 0 Å². The number of carbonyl (C=O) groups is 2. The van der Waals surface area contributed by atoms with E-state index in [0.717, 1.165) is 37.7 Å². The summed E-state index contributed by atoms with van der Waals surface area (Å²) in [6, 6.07) is 13.3. The number of aliphatic hydroxyl groups excluding tert-OH is 1. The van der Waals surface area contributed by atoms with E-state index in [4.69, 9.17) is 16.3 Å². The number of unbranched alkanes of at least 4 members (excludes halogenated alkanes) is 3. The van der Waals surface area contributed by atoms with Crippen molar-refractivity contribution in [2.24, 2.45) is 0 Å². The van der Waals surface area contributed by atoms with Gasteiger partial charge in [-0.2, -0.15) is 0 Å². The first kappa shape index (κ1) is 23.9. The molecule has 1 aliphatic rings. The predicted octanol–water partition coefficient (Wildman–Crippen LogP) is 6.13. The lowest BCUT2D eigenvalue weighted by atomic mass is 9.95. The minimum atomic E-state index is -0.668. The van der Waals surface area contributed by atoms with Crippen LogP contribution in [0, 0.1) is 0 Å². The molecule has 0 bridgehead atoms. The molecule has 5 nitrogen and oxygen atoms in total. The van der Waals surface area contributed by atoms with Gasteiger partial charge in [-0.25, -0.2) is 0 Å². The molecule has 2 aromatic carbocycles. The molecule has 1 fully saturated rings. The monoisotopic (exact) mass is 455 g/mol. The molecule has 0 aliphatic carbocycles. The average molecular weight is 456 g/mol. The molecule has 0 spiro atoms. The molecule has 1 atom stereocenters. The average Bonchev–Trinajstić information content (AvgIpc) is 3.05. The van der Waals surface area contributed by atoms with Crippen LogP contribution in [-0.4, -0.2) is 34.8 Å². The van der Waals surface area contributed by atoms with Crippen molar-refractivity contribution in [3.8, 4) is 5.75 Å². The van der Waals surface area contributed by atoms with Gasteiger partial charge in [0.1, 0.15) is 11.5 Å². The largest absolute Gasteiger partial charge is 0.507 e. The van der Waals surface area contributed by atoms with Gasteiger partial charge in [-0.1, -0.05) is 56.8 Å². The number of carbonyl (C=O) groups excluding carboxylic acids is 2. The van der Waals surface area contributed by atoms with E-state index in [0.29, 0.717) is 29.5 Å². The lowest BCUT2D eigenvalue weighted by Crippen LogP contribution is -2.30. The molecule has 0 saturated carbocycles. The van der Waals surface area contributed by atoms with Crippen molar-refractivity contribution in [2.45, 2.75) is 52.0 Å². The van der Waals surface area contributed by atoms with Crippen LogP contribution in [0.15, 0.2) is 54.1 Å². The van der Waals surface area contributed by atoms with Gasteiger partial charge in [-0.05, 0) is 54.8 Å². The molecule has 1 aliphatic heterocycles. The third-order valence-corrected chi connectivity index (χ3v) is 5.87. The molecular weight excluding hydrogens is 426 g/mol. The predicted molar refractivity (Wildman–Crippen MR) is 127 cm³/mol. The number of ether oxygens (including phenoxy) is 1. The van der Waals surface area contributed by atoms with Crippen molar-refractivity contribution >= 4 is 29.1 Å². The zero-order valence-electron chi connectivity index (χ0n) is 18.6. The van der Waals surface area contributed by atoms with Crippen molar-refractivity contribution in [2.75, 3.05) is 13.2 Å². The SMILES string of the molecule is CCCCCOc1ccc(/C(O)=C2/C(=O)C(=O)N(CCCC)C2c2ccc(Cl)cc2)cc1. The van der Waals surface area contributed by atoms with Crippen LogP contribution in [0.25, 0.3) is 5.76 Å². The lowest BCUT2D eigenvalue weighted by molar-refractivity contribution is -0.139. The van der Waals surface area contributed by atoms with Gasteiger partial charge < -0.3 is 14.7 Å². The van der Waals surface area contributed by atoms with Crippen molar-refractivity contribution in [3.05, 3.63) is 70.3 Å². The third-order valence-electron chi connectivity index (χ3n) is 5.62. The van der Waals surface area contributed by atoms with Crippen molar-refractivity contribution < 1.29 is 19.4 Å². The summed E-state index contributed by atoms with van der Waals surface area (Å²) in [5.74, 6) is -0.732. The van der Waals surface area contributed by atoms with Gasteiger partial charge in [-0.3, -0.25) is 9.59 Å². The Morgan fingerprint density at radius 2 is 1.62 bits per heavy atom. The van der Waals surface area contributed by atoms with Crippen LogP contribution in [0.5, 0.6) is 5.75 Å². The fourth-order valence-electron chi connectivity index (χ4n) is 3.84. The van der Waals surface area contributed by atoms with E-state index in [2.05, 4.69) is 6.92 Å². The van der Waals surface area contributed by atoms with Gasteiger partial charge in [-0.15, -0.1) is 0 Å². The molecule has 6 heteroatoms. The van der Waals surface area contributed by atoms with Crippen LogP contribution in [0.1, 0.15) is 63.1 Å². The number of hydrogen-bond donors (Lipinski definition) is 1. The number of amides is 1. The van der Waals surface area contributed by atoms with Gasteiger partial charge in [0.2, 0.25) is 0 Å². The second-order valence-electron chi connectivity index (χ2n) is 7.98. The van der Waals surface area contributed by atoms with Crippen LogP contribution in [0.3, 0.4) is 0 Å². The summed E-state index contributed by atoms with van der Waals surface area (Å²) in [6.45, 7) is 5.24. The first-order valence-corrected chi connectivity index (χ1v) is 11.6. The first-order chi connectivity index (χ1) is 15.5. The summed E-state index contributed by atoms with van der Waals surface area (Å²) in [4.78, 5) is 27.3. The Hall–Kier alpha value is -2.79. The van der Waals surface area contributed by atoms with E-state index in [-0.39, 0.29) is 11.3 Å². The fourth-order valence-corrected chi connectivity index (χ4v) is 3.96. The Bertz CT molecular complexity index is 966. The summed E-state index contributed by atoms with van der Waals surface area (Å²) in [7, 11) is 0. The number of Topliss-reactive ketones (excluding diaryl/α,β-unsaturated/α-hetero) is 1. The molecule has 32 heavy (non-hydrogen) atoms. The van der Waals surface area contributed by atoms with Gasteiger partial charge in [0.05, 0.1) is 18.2 Å². The smallest absolute Gasteiger partial charge is 0.295 e. The molecule has 1 N–H and O–H groups in total. The topological polar surface area (TPSA) is 66.8 Å². The van der Waals surface area contributed by atoms with Gasteiger partial charge in [0.25, 0.3) is 11.7 Å². The molecular formula is C26H30ClNO4. The Morgan fingerprint density at radius 1 is 0.969 bits per heavy atom. The van der Waals surface area contributed by atoms with Gasteiger partial charge in [0, 0.05) is 17.1 Å². The highest BCUT2D eigenvalue weighted by atomic mass is 35.5. The molecule has 1 unspecified atom stereocenters. The number of ketones is 1. The molecule has 0 aromatic heterocycles. The van der Waals surface area contributed by atoms with Crippen LogP contribution in [-0.2, 0) is 9.59 Å². The number of likely N-dealkylation sites (tertiary alicyclic amines) is 1. The minimum absolute atomic E-state index is 0.102. The summed E-state index contributed by atoms with van der Waals surface area (Å²) in [6.07, 6.45) is 4.88. The van der Waals surface area contributed by atoms with Crippen LogP contribution in [0.2, 0.25) is 5.02 Å². The standard InChI is InChI=1S/C26H30ClNO4/c1-3-5-7-17-32-21-14-10-19(11-15-21)24(29)22-23(18-8-12-20(27)13-9-18)28(16-6-4-2)26(31)25(22)30/h8-15,23,29H,3-7,16-17H2,1-2H3/b24-22-. The van der Waals surface area contributed by atoms with E-state index < -0.39 is 17.7 Å². The summed E-state index contributed by atoms with van der Waals surface area (Å²) in [5, 5.41) is 11.7. The molecule has 1 saturated heterocycles. The zero-order valence-corrected chi connectivity index (χ0v) is 19.4. The van der Waals surface area contributed by atoms with E-state index in [1.165, 1.54) is 0 Å². The normalized spacial score (nSPS) is 17.7. The Kier molecular flexibility index (Phi) is 8.34. The molecule has 0 radical (unpaired) electrons. The highest BCUT2D eigenvalue weighted by Crippen LogP contribution is 2.40. The Morgan fingerprint density at radius 3 is 2.25 bits per heavy atom. The molecule has 1 amide bonds. The van der Waals surface area contributed by atoms with Gasteiger partial charge >= 0.3 is 0 Å². The Balaban J connectivity index is 1.94.